The fourth-order valence-corrected chi connectivity index (χ4v) is 2.42. The molecule has 0 saturated heterocycles. The second-order valence-corrected chi connectivity index (χ2v) is 5.98. The molecule has 0 aliphatic carbocycles. The highest BCUT2D eigenvalue weighted by molar-refractivity contribution is 9.10. The van der Waals surface area contributed by atoms with E-state index in [9.17, 15) is 4.79 Å². The molecule has 0 saturated carbocycles. The molecule has 3 nitrogen and oxygen atoms in total. The maximum absolute atomic E-state index is 12.1. The number of hydrogen-bond donors (Lipinski definition) is 2. The monoisotopic (exact) mass is 346 g/mol. The number of amides is 1. The number of rotatable bonds is 5. The van der Waals surface area contributed by atoms with Crippen LogP contribution in [0.3, 0.4) is 0 Å². The molecular weight excluding hydrogens is 328 g/mol. The van der Waals surface area contributed by atoms with Gasteiger partial charge in [-0.25, -0.2) is 0 Å². The molecule has 0 aliphatic heterocycles. The summed E-state index contributed by atoms with van der Waals surface area (Å²) in [6.07, 6.45) is 0.283. The number of halogens is 1. The molecule has 0 spiro atoms. The molecule has 2 aromatic carbocycles. The SMILES string of the molecule is C[C@H](NC(=O)C[C@H](N)c1ccccc1)c1ccc(Br)cc1. The molecule has 2 atom stereocenters. The number of benzene rings is 2. The summed E-state index contributed by atoms with van der Waals surface area (Å²) < 4.78 is 1.02. The van der Waals surface area contributed by atoms with Crippen molar-refractivity contribution in [3.05, 3.63) is 70.2 Å². The van der Waals surface area contributed by atoms with E-state index in [4.69, 9.17) is 5.73 Å². The Kier molecular flexibility index (Phi) is 5.53. The average Bonchev–Trinajstić information content (AvgIpc) is 2.48. The number of carbonyl (C=O) groups is 1. The summed E-state index contributed by atoms with van der Waals surface area (Å²) >= 11 is 3.40. The van der Waals surface area contributed by atoms with Gasteiger partial charge < -0.3 is 11.1 Å². The Labute approximate surface area is 133 Å². The van der Waals surface area contributed by atoms with Gasteiger partial charge in [0.2, 0.25) is 5.91 Å². The van der Waals surface area contributed by atoms with Gasteiger partial charge in [0.15, 0.2) is 0 Å². The van der Waals surface area contributed by atoms with Crippen molar-refractivity contribution >= 4 is 21.8 Å². The summed E-state index contributed by atoms with van der Waals surface area (Å²) in [6, 6.07) is 17.3. The highest BCUT2D eigenvalue weighted by Crippen LogP contribution is 2.18. The lowest BCUT2D eigenvalue weighted by Crippen LogP contribution is -2.29. The molecule has 0 aromatic heterocycles. The molecule has 0 radical (unpaired) electrons. The second-order valence-electron chi connectivity index (χ2n) is 5.06. The standard InChI is InChI=1S/C17H19BrN2O/c1-12(13-7-9-15(18)10-8-13)20-17(21)11-16(19)14-5-3-2-4-6-14/h2-10,12,16H,11,19H2,1H3,(H,20,21)/t12-,16-/m0/s1. The Morgan fingerprint density at radius 3 is 2.33 bits per heavy atom. The van der Waals surface area contributed by atoms with E-state index in [0.717, 1.165) is 15.6 Å². The maximum atomic E-state index is 12.1. The summed E-state index contributed by atoms with van der Waals surface area (Å²) in [5.41, 5.74) is 8.11. The van der Waals surface area contributed by atoms with Crippen LogP contribution in [0.5, 0.6) is 0 Å². The fourth-order valence-electron chi connectivity index (χ4n) is 2.15. The van der Waals surface area contributed by atoms with Crippen LogP contribution in [-0.4, -0.2) is 5.91 Å². The highest BCUT2D eigenvalue weighted by Gasteiger charge is 2.14. The zero-order valence-corrected chi connectivity index (χ0v) is 13.5. The first-order valence-corrected chi connectivity index (χ1v) is 7.71. The minimum absolute atomic E-state index is 0.0337. The van der Waals surface area contributed by atoms with Crippen LogP contribution in [0.4, 0.5) is 0 Å². The molecule has 0 fully saturated rings. The molecule has 21 heavy (non-hydrogen) atoms. The highest BCUT2D eigenvalue weighted by atomic mass is 79.9. The van der Waals surface area contributed by atoms with Gasteiger partial charge in [0.25, 0.3) is 0 Å². The number of carbonyl (C=O) groups excluding carboxylic acids is 1. The second kappa shape index (κ2) is 7.38. The summed E-state index contributed by atoms with van der Waals surface area (Å²) in [5, 5.41) is 2.98. The molecule has 0 heterocycles. The van der Waals surface area contributed by atoms with Crippen LogP contribution in [0.1, 0.15) is 36.6 Å². The topological polar surface area (TPSA) is 55.1 Å². The van der Waals surface area contributed by atoms with E-state index in [1.165, 1.54) is 0 Å². The third-order valence-corrected chi connectivity index (χ3v) is 3.91. The zero-order valence-electron chi connectivity index (χ0n) is 11.9. The molecule has 0 aliphatic rings. The summed E-state index contributed by atoms with van der Waals surface area (Å²) in [5.74, 6) is -0.0400. The van der Waals surface area contributed by atoms with Gasteiger partial charge in [-0.05, 0) is 30.2 Å². The maximum Gasteiger partial charge on any atom is 0.222 e. The normalized spacial score (nSPS) is 13.5. The van der Waals surface area contributed by atoms with Gasteiger partial charge >= 0.3 is 0 Å². The van der Waals surface area contributed by atoms with Gasteiger partial charge in [-0.3, -0.25) is 4.79 Å². The molecule has 2 rings (SSSR count). The van der Waals surface area contributed by atoms with E-state index in [2.05, 4.69) is 21.2 Å². The lowest BCUT2D eigenvalue weighted by molar-refractivity contribution is -0.122. The zero-order chi connectivity index (χ0) is 15.2. The van der Waals surface area contributed by atoms with Crippen LogP contribution >= 0.6 is 15.9 Å². The van der Waals surface area contributed by atoms with Crippen LogP contribution in [0.25, 0.3) is 0 Å². The van der Waals surface area contributed by atoms with E-state index >= 15 is 0 Å². The van der Waals surface area contributed by atoms with Gasteiger partial charge in [0, 0.05) is 16.9 Å². The van der Waals surface area contributed by atoms with E-state index in [-0.39, 0.29) is 24.4 Å². The first kappa shape index (κ1) is 15.7. The van der Waals surface area contributed by atoms with E-state index in [1.807, 2.05) is 61.5 Å². The van der Waals surface area contributed by atoms with Crippen LogP contribution in [0.15, 0.2) is 59.1 Å². The van der Waals surface area contributed by atoms with Crippen molar-refractivity contribution in [3.63, 3.8) is 0 Å². The Bertz CT molecular complexity index is 583. The van der Waals surface area contributed by atoms with Crippen molar-refractivity contribution in [2.45, 2.75) is 25.4 Å². The third kappa shape index (κ3) is 4.69. The van der Waals surface area contributed by atoms with Crippen molar-refractivity contribution in [3.8, 4) is 0 Å². The Morgan fingerprint density at radius 1 is 1.10 bits per heavy atom. The third-order valence-electron chi connectivity index (χ3n) is 3.38. The molecule has 110 valence electrons. The van der Waals surface area contributed by atoms with Crippen molar-refractivity contribution in [1.29, 1.82) is 0 Å². The minimum atomic E-state index is -0.275. The summed E-state index contributed by atoms with van der Waals surface area (Å²) in [7, 11) is 0. The summed E-state index contributed by atoms with van der Waals surface area (Å²) in [4.78, 5) is 12.1. The Morgan fingerprint density at radius 2 is 1.71 bits per heavy atom. The lowest BCUT2D eigenvalue weighted by atomic mass is 10.0. The largest absolute Gasteiger partial charge is 0.350 e. The molecule has 3 N–H and O–H groups in total. The fraction of sp³-hybridized carbons (Fsp3) is 0.235. The number of nitrogens with one attached hydrogen (secondary N) is 1. The van der Waals surface area contributed by atoms with Crippen LogP contribution in [0, 0.1) is 0 Å². The number of hydrogen-bond acceptors (Lipinski definition) is 2. The van der Waals surface area contributed by atoms with Gasteiger partial charge in [0.05, 0.1) is 6.04 Å². The quantitative estimate of drug-likeness (QED) is 0.866. The van der Waals surface area contributed by atoms with Crippen LogP contribution in [-0.2, 0) is 4.79 Å². The van der Waals surface area contributed by atoms with E-state index < -0.39 is 0 Å². The van der Waals surface area contributed by atoms with Gasteiger partial charge in [-0.1, -0.05) is 58.4 Å². The summed E-state index contributed by atoms with van der Waals surface area (Å²) in [6.45, 7) is 1.97. The predicted molar refractivity (Wildman–Crippen MR) is 88.7 cm³/mol. The average molecular weight is 347 g/mol. The van der Waals surface area contributed by atoms with Crippen molar-refractivity contribution in [2.75, 3.05) is 0 Å². The minimum Gasteiger partial charge on any atom is -0.350 e. The van der Waals surface area contributed by atoms with Crippen molar-refractivity contribution in [2.24, 2.45) is 5.73 Å². The number of nitrogens with two attached hydrogens (primary N) is 1. The Balaban J connectivity index is 1.91. The van der Waals surface area contributed by atoms with Gasteiger partial charge in [-0.2, -0.15) is 0 Å². The van der Waals surface area contributed by atoms with E-state index in [1.54, 1.807) is 0 Å². The molecule has 0 bridgehead atoms. The Hall–Kier alpha value is -1.65. The molecular formula is C17H19BrN2O. The predicted octanol–water partition coefficient (Wildman–Crippen LogP) is 3.72. The first-order chi connectivity index (χ1) is 10.1. The van der Waals surface area contributed by atoms with Gasteiger partial charge in [0.1, 0.15) is 0 Å². The molecule has 1 amide bonds. The molecule has 4 heteroatoms. The first-order valence-electron chi connectivity index (χ1n) is 6.91. The van der Waals surface area contributed by atoms with Crippen molar-refractivity contribution in [1.82, 2.24) is 5.32 Å². The van der Waals surface area contributed by atoms with Gasteiger partial charge in [-0.15, -0.1) is 0 Å². The van der Waals surface area contributed by atoms with E-state index in [0.29, 0.717) is 0 Å². The van der Waals surface area contributed by atoms with Crippen molar-refractivity contribution < 1.29 is 4.79 Å². The molecule has 0 unspecified atom stereocenters. The van der Waals surface area contributed by atoms with Crippen LogP contribution < -0.4 is 11.1 Å². The van der Waals surface area contributed by atoms with Crippen LogP contribution in [0.2, 0.25) is 0 Å². The smallest absolute Gasteiger partial charge is 0.222 e. The molecule has 2 aromatic rings. The lowest BCUT2D eigenvalue weighted by Gasteiger charge is -2.17.